The van der Waals surface area contributed by atoms with Crippen molar-refractivity contribution in [1.29, 1.82) is 0 Å². The molecule has 0 atom stereocenters. The number of rotatable bonds is 8. The molecule has 4 rings (SSSR count). The largest absolute Gasteiger partial charge is 0.332 e. The van der Waals surface area contributed by atoms with Crippen LogP contribution in [0.3, 0.4) is 0 Å². The maximum absolute atomic E-state index is 12.7. The predicted molar refractivity (Wildman–Crippen MR) is 132 cm³/mol. The van der Waals surface area contributed by atoms with Gasteiger partial charge in [-0.25, -0.2) is 18.2 Å². The van der Waals surface area contributed by atoms with Crippen molar-refractivity contribution in [3.05, 3.63) is 81.8 Å². The number of imidazole rings is 1. The first-order valence-corrected chi connectivity index (χ1v) is 12.2. The Labute approximate surface area is 200 Å². The third-order valence-corrected chi connectivity index (χ3v) is 6.90. The molecule has 0 bridgehead atoms. The van der Waals surface area contributed by atoms with Gasteiger partial charge in [-0.2, -0.15) is 0 Å². The molecule has 0 aliphatic carbocycles. The first-order chi connectivity index (χ1) is 16.7. The third kappa shape index (κ3) is 4.87. The van der Waals surface area contributed by atoms with E-state index in [4.69, 9.17) is 0 Å². The Bertz CT molecular complexity index is 1620. The molecule has 35 heavy (non-hydrogen) atoms. The minimum Gasteiger partial charge on any atom is -0.325 e. The second-order valence-corrected chi connectivity index (χ2v) is 9.61. The summed E-state index contributed by atoms with van der Waals surface area (Å²) < 4.78 is 31.8. The van der Waals surface area contributed by atoms with E-state index in [1.54, 1.807) is 54.1 Å². The van der Waals surface area contributed by atoms with Crippen molar-refractivity contribution in [1.82, 2.24) is 18.7 Å². The van der Waals surface area contributed by atoms with Crippen LogP contribution in [0, 0.1) is 0 Å². The van der Waals surface area contributed by atoms with Crippen LogP contribution < -0.4 is 21.3 Å². The van der Waals surface area contributed by atoms with E-state index in [0.29, 0.717) is 18.7 Å². The van der Waals surface area contributed by atoms with E-state index in [9.17, 15) is 22.8 Å². The second-order valence-electron chi connectivity index (χ2n) is 7.93. The number of carbonyl (C=O) groups excluding carboxylic acids is 1. The van der Waals surface area contributed by atoms with Gasteiger partial charge >= 0.3 is 5.69 Å². The molecular weight excluding hydrogens is 472 g/mol. The minimum atomic E-state index is -3.82. The molecule has 0 spiro atoms. The molecule has 0 unspecified atom stereocenters. The second kappa shape index (κ2) is 9.58. The average molecular weight is 497 g/mol. The number of benzene rings is 2. The van der Waals surface area contributed by atoms with E-state index in [1.165, 1.54) is 30.1 Å². The SMILES string of the molecule is Cn1c(=O)c2c(ncn2CCCC(=O)Nc2ccccc2NS(=O)(=O)c2ccccc2)n(C)c1=O. The summed E-state index contributed by atoms with van der Waals surface area (Å²) in [6, 6.07) is 14.5. The Morgan fingerprint density at radius 2 is 1.60 bits per heavy atom. The molecule has 2 aromatic heterocycles. The molecule has 1 amide bonds. The Balaban J connectivity index is 1.44. The number of aromatic nitrogens is 4. The van der Waals surface area contributed by atoms with Gasteiger partial charge in [0.25, 0.3) is 15.6 Å². The molecular formula is C23H24N6O5S. The van der Waals surface area contributed by atoms with Gasteiger partial charge in [0, 0.05) is 27.1 Å². The summed E-state index contributed by atoms with van der Waals surface area (Å²) in [6.07, 6.45) is 1.98. The standard InChI is InChI=1S/C23H24N6O5S/c1-27-21-20(22(31)28(2)23(27)32)29(15-24-21)14-8-13-19(30)25-17-11-6-7-12-18(17)26-35(33,34)16-9-4-3-5-10-16/h3-7,9-12,15,26H,8,13-14H2,1-2H3,(H,25,30). The average Bonchev–Trinajstić information content (AvgIpc) is 3.27. The molecule has 11 nitrogen and oxygen atoms in total. The maximum atomic E-state index is 12.7. The normalized spacial score (nSPS) is 11.5. The number of para-hydroxylation sites is 2. The van der Waals surface area contributed by atoms with Gasteiger partial charge in [-0.15, -0.1) is 0 Å². The highest BCUT2D eigenvalue weighted by atomic mass is 32.2. The quantitative estimate of drug-likeness (QED) is 0.381. The molecule has 0 aliphatic heterocycles. The van der Waals surface area contributed by atoms with E-state index >= 15 is 0 Å². The zero-order valence-electron chi connectivity index (χ0n) is 19.1. The van der Waals surface area contributed by atoms with Gasteiger partial charge in [0.1, 0.15) is 0 Å². The number of carbonyl (C=O) groups is 1. The number of hydrogen-bond acceptors (Lipinski definition) is 6. The number of amides is 1. The van der Waals surface area contributed by atoms with Crippen molar-refractivity contribution in [2.75, 3.05) is 10.0 Å². The number of sulfonamides is 1. The fraction of sp³-hybridized carbons (Fsp3) is 0.217. The summed E-state index contributed by atoms with van der Waals surface area (Å²) >= 11 is 0. The Morgan fingerprint density at radius 3 is 2.31 bits per heavy atom. The summed E-state index contributed by atoms with van der Waals surface area (Å²) in [6.45, 7) is 0.333. The fourth-order valence-corrected chi connectivity index (χ4v) is 4.77. The topological polar surface area (TPSA) is 137 Å². The summed E-state index contributed by atoms with van der Waals surface area (Å²) in [5, 5.41) is 2.74. The van der Waals surface area contributed by atoms with Gasteiger partial charge in [-0.3, -0.25) is 23.4 Å². The predicted octanol–water partition coefficient (Wildman–Crippen LogP) is 1.65. The van der Waals surface area contributed by atoms with Crippen LogP contribution in [0.4, 0.5) is 11.4 Å². The van der Waals surface area contributed by atoms with E-state index in [2.05, 4.69) is 15.0 Å². The Morgan fingerprint density at radius 1 is 0.943 bits per heavy atom. The lowest BCUT2D eigenvalue weighted by molar-refractivity contribution is -0.116. The molecule has 0 saturated carbocycles. The van der Waals surface area contributed by atoms with Crippen LogP contribution in [0.1, 0.15) is 12.8 Å². The van der Waals surface area contributed by atoms with E-state index < -0.39 is 21.3 Å². The zero-order valence-corrected chi connectivity index (χ0v) is 19.9. The Kier molecular flexibility index (Phi) is 6.56. The van der Waals surface area contributed by atoms with Crippen LogP contribution in [0.25, 0.3) is 11.2 Å². The summed E-state index contributed by atoms with van der Waals surface area (Å²) in [4.78, 5) is 41.5. The van der Waals surface area contributed by atoms with Gasteiger partial charge < -0.3 is 9.88 Å². The van der Waals surface area contributed by atoms with Gasteiger partial charge in [0.15, 0.2) is 11.2 Å². The molecule has 0 saturated heterocycles. The van der Waals surface area contributed by atoms with E-state index in [0.717, 1.165) is 4.57 Å². The number of anilines is 2. The van der Waals surface area contributed by atoms with Crippen molar-refractivity contribution in [2.24, 2.45) is 14.1 Å². The summed E-state index contributed by atoms with van der Waals surface area (Å²) in [5.41, 5.74) is 0.222. The molecule has 0 radical (unpaired) electrons. The number of nitrogens with one attached hydrogen (secondary N) is 2. The van der Waals surface area contributed by atoms with E-state index in [1.807, 2.05) is 0 Å². The monoisotopic (exact) mass is 496 g/mol. The lowest BCUT2D eigenvalue weighted by atomic mass is 10.2. The van der Waals surface area contributed by atoms with Crippen LogP contribution in [0.2, 0.25) is 0 Å². The van der Waals surface area contributed by atoms with Crippen LogP contribution >= 0.6 is 0 Å². The highest BCUT2D eigenvalue weighted by molar-refractivity contribution is 7.92. The smallest absolute Gasteiger partial charge is 0.325 e. The number of nitrogens with zero attached hydrogens (tertiary/aromatic N) is 4. The first kappa shape index (κ1) is 24.0. The summed E-state index contributed by atoms with van der Waals surface area (Å²) in [5.74, 6) is -0.318. The Hall–Kier alpha value is -4.19. The van der Waals surface area contributed by atoms with Crippen molar-refractivity contribution in [2.45, 2.75) is 24.3 Å². The maximum Gasteiger partial charge on any atom is 0.332 e. The third-order valence-electron chi connectivity index (χ3n) is 5.52. The van der Waals surface area contributed by atoms with Crippen LogP contribution in [0.15, 0.2) is 75.4 Å². The van der Waals surface area contributed by atoms with Crippen LogP contribution in [0.5, 0.6) is 0 Å². The van der Waals surface area contributed by atoms with Crippen LogP contribution in [-0.2, 0) is 35.5 Å². The van der Waals surface area contributed by atoms with Crippen molar-refractivity contribution in [3.8, 4) is 0 Å². The fourth-order valence-electron chi connectivity index (χ4n) is 3.67. The van der Waals surface area contributed by atoms with Crippen molar-refractivity contribution < 1.29 is 13.2 Å². The van der Waals surface area contributed by atoms with Crippen molar-refractivity contribution >= 4 is 38.5 Å². The van der Waals surface area contributed by atoms with E-state index in [-0.39, 0.29) is 34.1 Å². The van der Waals surface area contributed by atoms with Crippen LogP contribution in [-0.4, -0.2) is 33.0 Å². The van der Waals surface area contributed by atoms with Gasteiger partial charge in [-0.05, 0) is 30.7 Å². The molecule has 2 heterocycles. The lowest BCUT2D eigenvalue weighted by Crippen LogP contribution is -2.37. The molecule has 12 heteroatoms. The molecule has 0 aliphatic rings. The van der Waals surface area contributed by atoms with Gasteiger partial charge in [-0.1, -0.05) is 30.3 Å². The molecule has 182 valence electrons. The number of hydrogen-bond donors (Lipinski definition) is 2. The minimum absolute atomic E-state index is 0.109. The number of fused-ring (bicyclic) bond motifs is 1. The number of aryl methyl sites for hydroxylation is 2. The molecule has 0 fully saturated rings. The first-order valence-electron chi connectivity index (χ1n) is 10.8. The highest BCUT2D eigenvalue weighted by Crippen LogP contribution is 2.24. The lowest BCUT2D eigenvalue weighted by Gasteiger charge is -2.13. The van der Waals surface area contributed by atoms with Crippen molar-refractivity contribution in [3.63, 3.8) is 0 Å². The summed E-state index contributed by atoms with van der Waals surface area (Å²) in [7, 11) is -0.879. The molecule has 4 aromatic rings. The molecule has 2 aromatic carbocycles. The molecule has 2 N–H and O–H groups in total. The zero-order chi connectivity index (χ0) is 25.2. The van der Waals surface area contributed by atoms with Gasteiger partial charge in [0.05, 0.1) is 22.6 Å². The highest BCUT2D eigenvalue weighted by Gasteiger charge is 2.17. The van der Waals surface area contributed by atoms with Gasteiger partial charge in [0.2, 0.25) is 5.91 Å².